The molecule has 0 radical (unpaired) electrons. The van der Waals surface area contributed by atoms with Crippen LogP contribution >= 0.6 is 0 Å². The highest BCUT2D eigenvalue weighted by atomic mass is 16.4. The van der Waals surface area contributed by atoms with E-state index in [0.717, 1.165) is 5.69 Å². The summed E-state index contributed by atoms with van der Waals surface area (Å²) in [6.45, 7) is 10.1. The second kappa shape index (κ2) is 5.35. The molecule has 0 saturated carbocycles. The Morgan fingerprint density at radius 3 is 2.72 bits per heavy atom. The Morgan fingerprint density at radius 1 is 1.67 bits per heavy atom. The molecule has 1 heterocycles. The Bertz CT molecular complexity index is 444. The summed E-state index contributed by atoms with van der Waals surface area (Å²) in [5, 5.41) is 16.6. The maximum absolute atomic E-state index is 11.4. The summed E-state index contributed by atoms with van der Waals surface area (Å²) in [7, 11) is 1.80. The van der Waals surface area contributed by atoms with Gasteiger partial charge in [-0.15, -0.1) is 6.58 Å². The number of hydrogen-bond acceptors (Lipinski definition) is 3. The van der Waals surface area contributed by atoms with Crippen LogP contribution in [0.25, 0.3) is 0 Å². The molecule has 1 aromatic rings. The molecule has 1 aromatic heterocycles. The summed E-state index contributed by atoms with van der Waals surface area (Å²) in [4.78, 5) is 11.4. The van der Waals surface area contributed by atoms with Gasteiger partial charge in [-0.1, -0.05) is 26.8 Å². The summed E-state index contributed by atoms with van der Waals surface area (Å²) in [5.74, 6) is -0.907. The minimum atomic E-state index is -0.907. The van der Waals surface area contributed by atoms with Crippen LogP contribution < -0.4 is 5.32 Å². The molecule has 0 aliphatic rings. The monoisotopic (exact) mass is 251 g/mol. The van der Waals surface area contributed by atoms with Crippen molar-refractivity contribution >= 4 is 5.97 Å². The van der Waals surface area contributed by atoms with E-state index in [2.05, 4.69) is 17.0 Å². The molecule has 1 atom stereocenters. The van der Waals surface area contributed by atoms with Gasteiger partial charge in [0.05, 0.1) is 5.69 Å². The Labute approximate surface area is 108 Å². The van der Waals surface area contributed by atoms with Crippen molar-refractivity contribution in [3.63, 3.8) is 0 Å². The molecule has 0 aliphatic carbocycles. The number of aromatic nitrogens is 2. The Balaban J connectivity index is 3.19. The van der Waals surface area contributed by atoms with E-state index in [1.807, 2.05) is 20.8 Å². The summed E-state index contributed by atoms with van der Waals surface area (Å²) >= 11 is 0. The van der Waals surface area contributed by atoms with Crippen molar-refractivity contribution in [1.82, 2.24) is 15.1 Å². The normalized spacial score (nSPS) is 13.3. The van der Waals surface area contributed by atoms with Crippen LogP contribution in [0.4, 0.5) is 0 Å². The third kappa shape index (κ3) is 3.20. The van der Waals surface area contributed by atoms with Crippen LogP contribution in [-0.2, 0) is 17.3 Å². The van der Waals surface area contributed by atoms with Gasteiger partial charge in [0.2, 0.25) is 0 Å². The first-order valence-electron chi connectivity index (χ1n) is 5.88. The van der Waals surface area contributed by atoms with Gasteiger partial charge in [0.25, 0.3) is 0 Å². The highest BCUT2D eigenvalue weighted by Gasteiger charge is 2.29. The van der Waals surface area contributed by atoms with E-state index in [9.17, 15) is 9.90 Å². The smallest absolute Gasteiger partial charge is 0.325 e. The quantitative estimate of drug-likeness (QED) is 0.780. The van der Waals surface area contributed by atoms with Gasteiger partial charge in [0.15, 0.2) is 0 Å². The van der Waals surface area contributed by atoms with Gasteiger partial charge in [0.1, 0.15) is 6.04 Å². The van der Waals surface area contributed by atoms with Crippen molar-refractivity contribution in [3.8, 4) is 0 Å². The van der Waals surface area contributed by atoms with Crippen molar-refractivity contribution in [2.75, 3.05) is 6.54 Å². The van der Waals surface area contributed by atoms with Crippen molar-refractivity contribution in [1.29, 1.82) is 0 Å². The molecule has 18 heavy (non-hydrogen) atoms. The Kier molecular flexibility index (Phi) is 4.29. The van der Waals surface area contributed by atoms with Gasteiger partial charge >= 0.3 is 5.97 Å². The van der Waals surface area contributed by atoms with Gasteiger partial charge in [0, 0.05) is 30.8 Å². The van der Waals surface area contributed by atoms with E-state index < -0.39 is 12.0 Å². The molecule has 2 N–H and O–H groups in total. The number of carboxylic acids is 1. The fourth-order valence-electron chi connectivity index (χ4n) is 1.83. The lowest BCUT2D eigenvalue weighted by Gasteiger charge is -2.20. The molecular formula is C13H21N3O2. The van der Waals surface area contributed by atoms with E-state index in [-0.39, 0.29) is 5.41 Å². The van der Waals surface area contributed by atoms with Crippen molar-refractivity contribution < 1.29 is 9.90 Å². The first kappa shape index (κ1) is 14.4. The number of carboxylic acid groups (broad SMARTS) is 1. The molecule has 0 amide bonds. The molecule has 0 aromatic carbocycles. The first-order chi connectivity index (χ1) is 8.27. The molecule has 100 valence electrons. The average molecular weight is 251 g/mol. The van der Waals surface area contributed by atoms with Crippen molar-refractivity contribution in [3.05, 3.63) is 30.1 Å². The topological polar surface area (TPSA) is 67.2 Å². The fourth-order valence-corrected chi connectivity index (χ4v) is 1.83. The molecule has 0 bridgehead atoms. The second-order valence-electron chi connectivity index (χ2n) is 5.32. The van der Waals surface area contributed by atoms with Crippen LogP contribution in [0.2, 0.25) is 0 Å². The Morgan fingerprint density at radius 2 is 2.28 bits per heavy atom. The van der Waals surface area contributed by atoms with E-state index in [4.69, 9.17) is 0 Å². The predicted molar refractivity (Wildman–Crippen MR) is 70.5 cm³/mol. The first-order valence-corrected chi connectivity index (χ1v) is 5.88. The van der Waals surface area contributed by atoms with Gasteiger partial charge in [-0.25, -0.2) is 0 Å². The van der Waals surface area contributed by atoms with E-state index >= 15 is 0 Å². The number of aliphatic carboxylic acids is 1. The Hall–Kier alpha value is -1.62. The third-order valence-corrected chi connectivity index (χ3v) is 2.59. The summed E-state index contributed by atoms with van der Waals surface area (Å²) in [6.07, 6.45) is 3.40. The number of carbonyl (C=O) groups is 1. The summed E-state index contributed by atoms with van der Waals surface area (Å²) in [6, 6.07) is -0.758. The molecule has 1 rings (SSSR count). The molecule has 0 saturated heterocycles. The average Bonchev–Trinajstić information content (AvgIpc) is 2.60. The standard InChI is InChI=1S/C13H21N3O2/c1-6-7-14-10(12(17)18)9-8-16(5)15-11(9)13(2,3)4/h6,8,10,14H,1,7H2,2-5H3,(H,17,18). The van der Waals surface area contributed by atoms with Crippen LogP contribution in [0.1, 0.15) is 38.1 Å². The van der Waals surface area contributed by atoms with Crippen LogP contribution in [0.15, 0.2) is 18.9 Å². The summed E-state index contributed by atoms with van der Waals surface area (Å²) < 4.78 is 1.65. The van der Waals surface area contributed by atoms with E-state index in [0.29, 0.717) is 12.1 Å². The van der Waals surface area contributed by atoms with Crippen molar-refractivity contribution in [2.45, 2.75) is 32.2 Å². The number of nitrogens with one attached hydrogen (secondary N) is 1. The molecule has 0 fully saturated rings. The largest absolute Gasteiger partial charge is 0.480 e. The minimum absolute atomic E-state index is 0.194. The number of hydrogen-bond donors (Lipinski definition) is 2. The van der Waals surface area contributed by atoms with Gasteiger partial charge in [-0.05, 0) is 0 Å². The maximum Gasteiger partial charge on any atom is 0.325 e. The minimum Gasteiger partial charge on any atom is -0.480 e. The number of nitrogens with zero attached hydrogens (tertiary/aromatic N) is 2. The zero-order valence-corrected chi connectivity index (χ0v) is 11.4. The number of aryl methyl sites for hydroxylation is 1. The fraction of sp³-hybridized carbons (Fsp3) is 0.538. The lowest BCUT2D eigenvalue weighted by atomic mass is 9.87. The van der Waals surface area contributed by atoms with E-state index in [1.54, 1.807) is 24.0 Å². The highest BCUT2D eigenvalue weighted by Crippen LogP contribution is 2.28. The lowest BCUT2D eigenvalue weighted by Crippen LogP contribution is -2.30. The SMILES string of the molecule is C=CCNC(C(=O)O)c1cn(C)nc1C(C)(C)C. The third-order valence-electron chi connectivity index (χ3n) is 2.59. The van der Waals surface area contributed by atoms with Crippen LogP contribution in [0.5, 0.6) is 0 Å². The predicted octanol–water partition coefficient (Wildman–Crippen LogP) is 1.62. The van der Waals surface area contributed by atoms with E-state index in [1.165, 1.54) is 0 Å². The van der Waals surface area contributed by atoms with Crippen LogP contribution in [0.3, 0.4) is 0 Å². The van der Waals surface area contributed by atoms with Gasteiger partial charge in [-0.3, -0.25) is 14.8 Å². The summed E-state index contributed by atoms with van der Waals surface area (Å²) in [5.41, 5.74) is 1.31. The lowest BCUT2D eigenvalue weighted by molar-refractivity contribution is -0.139. The van der Waals surface area contributed by atoms with Gasteiger partial charge in [-0.2, -0.15) is 5.10 Å². The molecule has 1 unspecified atom stereocenters. The maximum atomic E-state index is 11.4. The second-order valence-corrected chi connectivity index (χ2v) is 5.32. The van der Waals surface area contributed by atoms with Crippen molar-refractivity contribution in [2.24, 2.45) is 7.05 Å². The molecule has 0 aliphatic heterocycles. The molecular weight excluding hydrogens is 230 g/mol. The van der Waals surface area contributed by atoms with Crippen LogP contribution in [0, 0.1) is 0 Å². The highest BCUT2D eigenvalue weighted by molar-refractivity contribution is 5.76. The number of rotatable bonds is 5. The molecule has 0 spiro atoms. The zero-order valence-electron chi connectivity index (χ0n) is 11.4. The van der Waals surface area contributed by atoms with Crippen LogP contribution in [-0.4, -0.2) is 27.4 Å². The molecule has 5 heteroatoms. The molecule has 5 nitrogen and oxygen atoms in total. The van der Waals surface area contributed by atoms with Gasteiger partial charge < -0.3 is 5.11 Å². The zero-order chi connectivity index (χ0) is 13.9.